The van der Waals surface area contributed by atoms with Crippen LogP contribution in [-0.4, -0.2) is 27.1 Å². The molecule has 0 saturated heterocycles. The van der Waals surface area contributed by atoms with Crippen molar-refractivity contribution in [2.75, 3.05) is 6.61 Å². The van der Waals surface area contributed by atoms with Crippen LogP contribution in [0.2, 0.25) is 10.0 Å². The Balaban J connectivity index is 1.99. The van der Waals surface area contributed by atoms with Crippen molar-refractivity contribution in [3.05, 3.63) is 55.9 Å². The fraction of sp³-hybridized carbons (Fsp3) is 0.231. The third-order valence-corrected chi connectivity index (χ3v) is 3.66. The standard InChI is InChI=1S/C13H11Cl2N3O4/c1-8-16-7-12(18(20)21)17(8)4-5-22-13(19)9-2-3-10(14)11(15)6-9/h2-3,6-7H,4-5H2,1H3. The molecule has 0 aliphatic carbocycles. The van der Waals surface area contributed by atoms with E-state index in [1.807, 2.05) is 0 Å². The Morgan fingerprint density at radius 1 is 1.41 bits per heavy atom. The highest BCUT2D eigenvalue weighted by Crippen LogP contribution is 2.23. The third kappa shape index (κ3) is 3.55. The summed E-state index contributed by atoms with van der Waals surface area (Å²) in [5.74, 6) is -0.264. The smallest absolute Gasteiger partial charge is 0.342 e. The number of hydrogen-bond donors (Lipinski definition) is 0. The number of nitrogens with zero attached hydrogens (tertiary/aromatic N) is 3. The molecular weight excluding hydrogens is 333 g/mol. The zero-order chi connectivity index (χ0) is 16.3. The van der Waals surface area contributed by atoms with Crippen LogP contribution < -0.4 is 0 Å². The minimum atomic E-state index is -0.584. The quantitative estimate of drug-likeness (QED) is 0.472. The molecule has 0 spiro atoms. The molecular formula is C13H11Cl2N3O4. The highest BCUT2D eigenvalue weighted by atomic mass is 35.5. The first kappa shape index (κ1) is 16.3. The van der Waals surface area contributed by atoms with E-state index >= 15 is 0 Å². The van der Waals surface area contributed by atoms with Crippen molar-refractivity contribution < 1.29 is 14.5 Å². The molecule has 9 heteroatoms. The molecule has 0 aliphatic heterocycles. The van der Waals surface area contributed by atoms with Crippen LogP contribution in [-0.2, 0) is 11.3 Å². The minimum Gasteiger partial charge on any atom is -0.458 e. The predicted molar refractivity (Wildman–Crippen MR) is 80.4 cm³/mol. The van der Waals surface area contributed by atoms with E-state index in [0.29, 0.717) is 10.8 Å². The highest BCUT2D eigenvalue weighted by Gasteiger charge is 2.18. The molecule has 0 fully saturated rings. The number of nitro groups is 1. The Kier molecular flexibility index (Phi) is 4.99. The summed E-state index contributed by atoms with van der Waals surface area (Å²) in [6.45, 7) is 1.74. The first-order valence-corrected chi connectivity index (χ1v) is 6.94. The zero-order valence-corrected chi connectivity index (χ0v) is 13.0. The Morgan fingerprint density at radius 2 is 2.14 bits per heavy atom. The number of benzene rings is 1. The molecule has 0 N–H and O–H groups in total. The lowest BCUT2D eigenvalue weighted by molar-refractivity contribution is -0.392. The number of rotatable bonds is 5. The predicted octanol–water partition coefficient (Wildman–Crippen LogP) is 3.26. The van der Waals surface area contributed by atoms with Gasteiger partial charge in [0.25, 0.3) is 0 Å². The van der Waals surface area contributed by atoms with E-state index in [-0.39, 0.29) is 29.6 Å². The van der Waals surface area contributed by atoms with Gasteiger partial charge in [-0.05, 0) is 23.1 Å². The van der Waals surface area contributed by atoms with Crippen molar-refractivity contribution >= 4 is 35.0 Å². The lowest BCUT2D eigenvalue weighted by Crippen LogP contribution is -2.13. The normalized spacial score (nSPS) is 10.5. The van der Waals surface area contributed by atoms with Crippen LogP contribution in [0.1, 0.15) is 16.2 Å². The van der Waals surface area contributed by atoms with Crippen molar-refractivity contribution in [2.24, 2.45) is 0 Å². The molecule has 0 saturated carbocycles. The summed E-state index contributed by atoms with van der Waals surface area (Å²) in [6.07, 6.45) is 1.16. The van der Waals surface area contributed by atoms with Gasteiger partial charge in [-0.25, -0.2) is 14.3 Å². The number of imidazole rings is 1. The Morgan fingerprint density at radius 3 is 2.77 bits per heavy atom. The van der Waals surface area contributed by atoms with Gasteiger partial charge in [-0.2, -0.15) is 0 Å². The number of carbonyl (C=O) groups is 1. The second-order valence-corrected chi connectivity index (χ2v) is 5.15. The largest absolute Gasteiger partial charge is 0.458 e. The van der Waals surface area contributed by atoms with Crippen molar-refractivity contribution in [3.63, 3.8) is 0 Å². The molecule has 1 heterocycles. The molecule has 0 bridgehead atoms. The summed E-state index contributed by atoms with van der Waals surface area (Å²) in [5, 5.41) is 11.4. The Bertz CT molecular complexity index is 730. The topological polar surface area (TPSA) is 87.3 Å². The van der Waals surface area contributed by atoms with E-state index in [1.165, 1.54) is 22.8 Å². The van der Waals surface area contributed by atoms with Crippen molar-refractivity contribution in [1.82, 2.24) is 9.55 Å². The number of aromatic nitrogens is 2. The van der Waals surface area contributed by atoms with E-state index in [9.17, 15) is 14.9 Å². The molecule has 0 unspecified atom stereocenters. The van der Waals surface area contributed by atoms with Crippen LogP contribution in [0, 0.1) is 17.0 Å². The summed E-state index contributed by atoms with van der Waals surface area (Å²) in [4.78, 5) is 26.0. The van der Waals surface area contributed by atoms with E-state index in [4.69, 9.17) is 27.9 Å². The molecule has 0 radical (unpaired) electrons. The summed E-state index contributed by atoms with van der Waals surface area (Å²) >= 11 is 11.6. The molecule has 2 aromatic rings. The van der Waals surface area contributed by atoms with Gasteiger partial charge >= 0.3 is 11.8 Å². The molecule has 1 aromatic carbocycles. The molecule has 116 valence electrons. The Hall–Kier alpha value is -2.12. The van der Waals surface area contributed by atoms with Crippen LogP contribution in [0.4, 0.5) is 5.82 Å². The third-order valence-electron chi connectivity index (χ3n) is 2.92. The van der Waals surface area contributed by atoms with Gasteiger partial charge in [0.15, 0.2) is 5.82 Å². The summed E-state index contributed by atoms with van der Waals surface area (Å²) in [6, 6.07) is 4.38. The van der Waals surface area contributed by atoms with Gasteiger partial charge in [-0.3, -0.25) is 0 Å². The fourth-order valence-electron chi connectivity index (χ4n) is 1.81. The number of halogens is 2. The van der Waals surface area contributed by atoms with Gasteiger partial charge in [0.2, 0.25) is 0 Å². The second-order valence-electron chi connectivity index (χ2n) is 4.34. The van der Waals surface area contributed by atoms with Crippen LogP contribution >= 0.6 is 23.2 Å². The maximum atomic E-state index is 11.9. The average Bonchev–Trinajstić information content (AvgIpc) is 2.83. The average molecular weight is 344 g/mol. The van der Waals surface area contributed by atoms with Crippen LogP contribution in [0.15, 0.2) is 24.4 Å². The van der Waals surface area contributed by atoms with Gasteiger partial charge in [0.05, 0.1) is 15.6 Å². The highest BCUT2D eigenvalue weighted by molar-refractivity contribution is 6.42. The van der Waals surface area contributed by atoms with Gasteiger partial charge in [0, 0.05) is 6.92 Å². The van der Waals surface area contributed by atoms with E-state index in [0.717, 1.165) is 6.20 Å². The SMILES string of the molecule is Cc1ncc([N+](=O)[O-])n1CCOC(=O)c1ccc(Cl)c(Cl)c1. The Labute approximate surface area is 135 Å². The summed E-state index contributed by atoms with van der Waals surface area (Å²) in [7, 11) is 0. The number of aryl methyl sites for hydroxylation is 1. The van der Waals surface area contributed by atoms with Gasteiger partial charge in [-0.15, -0.1) is 0 Å². The van der Waals surface area contributed by atoms with E-state index in [2.05, 4.69) is 4.98 Å². The van der Waals surface area contributed by atoms with Gasteiger partial charge in [-0.1, -0.05) is 23.2 Å². The van der Waals surface area contributed by atoms with Crippen molar-refractivity contribution in [3.8, 4) is 0 Å². The monoisotopic (exact) mass is 343 g/mol. The number of ether oxygens (including phenoxy) is 1. The zero-order valence-electron chi connectivity index (χ0n) is 11.5. The molecule has 0 atom stereocenters. The van der Waals surface area contributed by atoms with Crippen molar-refractivity contribution in [1.29, 1.82) is 0 Å². The lowest BCUT2D eigenvalue weighted by Gasteiger charge is -2.06. The summed E-state index contributed by atoms with van der Waals surface area (Å²) < 4.78 is 6.44. The van der Waals surface area contributed by atoms with Crippen LogP contribution in [0.25, 0.3) is 0 Å². The van der Waals surface area contributed by atoms with Crippen LogP contribution in [0.5, 0.6) is 0 Å². The van der Waals surface area contributed by atoms with Gasteiger partial charge < -0.3 is 14.9 Å². The first-order valence-electron chi connectivity index (χ1n) is 6.19. The van der Waals surface area contributed by atoms with E-state index in [1.54, 1.807) is 6.92 Å². The minimum absolute atomic E-state index is 0.0306. The maximum Gasteiger partial charge on any atom is 0.342 e. The van der Waals surface area contributed by atoms with Gasteiger partial charge in [0.1, 0.15) is 19.3 Å². The second kappa shape index (κ2) is 6.76. The molecule has 1 aromatic heterocycles. The molecule has 0 aliphatic rings. The molecule has 22 heavy (non-hydrogen) atoms. The van der Waals surface area contributed by atoms with Crippen LogP contribution in [0.3, 0.4) is 0 Å². The first-order chi connectivity index (χ1) is 10.4. The molecule has 2 rings (SSSR count). The lowest BCUT2D eigenvalue weighted by atomic mass is 10.2. The van der Waals surface area contributed by atoms with E-state index < -0.39 is 10.9 Å². The molecule has 0 amide bonds. The molecule has 7 nitrogen and oxygen atoms in total. The number of hydrogen-bond acceptors (Lipinski definition) is 5. The summed E-state index contributed by atoms with van der Waals surface area (Å²) in [5.41, 5.74) is 0.256. The fourth-order valence-corrected chi connectivity index (χ4v) is 2.11. The number of carbonyl (C=O) groups excluding carboxylic acids is 1. The number of esters is 1. The van der Waals surface area contributed by atoms with Crippen molar-refractivity contribution in [2.45, 2.75) is 13.5 Å². The maximum absolute atomic E-state index is 11.9.